The third-order valence-electron chi connectivity index (χ3n) is 5.94. The molecule has 3 heterocycles. The molecule has 4 rings (SSSR count). The summed E-state index contributed by atoms with van der Waals surface area (Å²) >= 11 is 0. The van der Waals surface area contributed by atoms with Gasteiger partial charge in [0.15, 0.2) is 0 Å². The highest BCUT2D eigenvalue weighted by atomic mass is 16.2. The Labute approximate surface area is 142 Å². The van der Waals surface area contributed by atoms with Gasteiger partial charge in [0.2, 0.25) is 5.91 Å². The van der Waals surface area contributed by atoms with Crippen molar-refractivity contribution in [2.24, 2.45) is 12.5 Å². The highest BCUT2D eigenvalue weighted by molar-refractivity contribution is 5.95. The van der Waals surface area contributed by atoms with Gasteiger partial charge in [0, 0.05) is 32.9 Å². The molecule has 0 saturated carbocycles. The first-order valence-corrected chi connectivity index (χ1v) is 8.69. The number of carbonyl (C=O) groups is 2. The van der Waals surface area contributed by atoms with E-state index in [2.05, 4.69) is 24.2 Å². The number of allylic oxidation sites excluding steroid dienone is 2. The molecular formula is C18H24N4O2. The lowest BCUT2D eigenvalue weighted by atomic mass is 9.72. The summed E-state index contributed by atoms with van der Waals surface area (Å²) in [4.78, 5) is 29.4. The van der Waals surface area contributed by atoms with Gasteiger partial charge < -0.3 is 9.80 Å². The van der Waals surface area contributed by atoms with Gasteiger partial charge in [-0.1, -0.05) is 19.1 Å². The number of likely N-dealkylation sites (tertiary alicyclic amines) is 2. The predicted molar refractivity (Wildman–Crippen MR) is 89.3 cm³/mol. The van der Waals surface area contributed by atoms with Crippen LogP contribution >= 0.6 is 0 Å². The number of carbonyl (C=O) groups excluding carboxylic acids is 2. The molecule has 1 spiro atoms. The third kappa shape index (κ3) is 2.19. The molecule has 6 nitrogen and oxygen atoms in total. The topological polar surface area (TPSA) is 58.4 Å². The number of hydrogen-bond donors (Lipinski definition) is 0. The van der Waals surface area contributed by atoms with Crippen LogP contribution in [0.15, 0.2) is 24.5 Å². The number of hydrogen-bond acceptors (Lipinski definition) is 3. The summed E-state index contributed by atoms with van der Waals surface area (Å²) in [7, 11) is 1.81. The maximum atomic E-state index is 12.9. The average molecular weight is 328 g/mol. The molecule has 0 aromatic carbocycles. The first-order chi connectivity index (χ1) is 11.4. The SMILES string of the molecule is Cn1cc(C(=O)N2CCC23CN(C(=O)C2(C)CC=CCC2)C3)cn1. The molecule has 1 aromatic rings. The predicted octanol–water partition coefficient (Wildman–Crippen LogP) is 1.59. The van der Waals surface area contributed by atoms with Gasteiger partial charge in [-0.15, -0.1) is 0 Å². The Morgan fingerprint density at radius 1 is 1.21 bits per heavy atom. The van der Waals surface area contributed by atoms with Crippen molar-refractivity contribution in [1.82, 2.24) is 19.6 Å². The Hall–Kier alpha value is -2.11. The minimum atomic E-state index is -0.266. The first kappa shape index (κ1) is 15.4. The molecular weight excluding hydrogens is 304 g/mol. The van der Waals surface area contributed by atoms with Crippen LogP contribution < -0.4 is 0 Å². The van der Waals surface area contributed by atoms with Crippen LogP contribution in [0.4, 0.5) is 0 Å². The van der Waals surface area contributed by atoms with Gasteiger partial charge in [-0.05, 0) is 25.7 Å². The Kier molecular flexibility index (Phi) is 3.34. The highest BCUT2D eigenvalue weighted by Crippen LogP contribution is 2.43. The molecule has 0 bridgehead atoms. The first-order valence-electron chi connectivity index (χ1n) is 8.69. The lowest BCUT2D eigenvalue weighted by Gasteiger charge is -2.63. The number of nitrogens with zero attached hydrogens (tertiary/aromatic N) is 4. The van der Waals surface area contributed by atoms with Crippen molar-refractivity contribution in [3.63, 3.8) is 0 Å². The van der Waals surface area contributed by atoms with E-state index in [4.69, 9.17) is 0 Å². The number of aromatic nitrogens is 2. The van der Waals surface area contributed by atoms with Crippen LogP contribution in [-0.2, 0) is 11.8 Å². The molecule has 1 aliphatic carbocycles. The Morgan fingerprint density at radius 2 is 2.00 bits per heavy atom. The van der Waals surface area contributed by atoms with E-state index in [-0.39, 0.29) is 22.8 Å². The minimum Gasteiger partial charge on any atom is -0.337 e. The summed E-state index contributed by atoms with van der Waals surface area (Å²) in [5, 5.41) is 4.08. The zero-order valence-corrected chi connectivity index (χ0v) is 14.4. The van der Waals surface area contributed by atoms with Crippen molar-refractivity contribution in [2.75, 3.05) is 19.6 Å². The van der Waals surface area contributed by atoms with E-state index in [1.807, 2.05) is 16.8 Å². The fourth-order valence-corrected chi connectivity index (χ4v) is 4.22. The van der Waals surface area contributed by atoms with E-state index >= 15 is 0 Å². The van der Waals surface area contributed by atoms with Gasteiger partial charge in [0.25, 0.3) is 5.91 Å². The van der Waals surface area contributed by atoms with Crippen molar-refractivity contribution in [2.45, 2.75) is 38.1 Å². The molecule has 128 valence electrons. The monoisotopic (exact) mass is 328 g/mol. The molecule has 24 heavy (non-hydrogen) atoms. The fourth-order valence-electron chi connectivity index (χ4n) is 4.22. The number of amides is 2. The zero-order valence-electron chi connectivity index (χ0n) is 14.4. The largest absolute Gasteiger partial charge is 0.337 e. The van der Waals surface area contributed by atoms with Crippen LogP contribution in [0.3, 0.4) is 0 Å². The van der Waals surface area contributed by atoms with Crippen LogP contribution in [0, 0.1) is 5.41 Å². The van der Waals surface area contributed by atoms with Gasteiger partial charge in [0.1, 0.15) is 0 Å². The van der Waals surface area contributed by atoms with E-state index in [1.54, 1.807) is 17.1 Å². The maximum Gasteiger partial charge on any atom is 0.257 e. The van der Waals surface area contributed by atoms with Crippen molar-refractivity contribution < 1.29 is 9.59 Å². The lowest BCUT2D eigenvalue weighted by molar-refractivity contribution is -0.164. The van der Waals surface area contributed by atoms with Crippen LogP contribution in [0.5, 0.6) is 0 Å². The van der Waals surface area contributed by atoms with E-state index in [9.17, 15) is 9.59 Å². The average Bonchev–Trinajstić information content (AvgIpc) is 2.92. The second-order valence-corrected chi connectivity index (χ2v) is 7.77. The van der Waals surface area contributed by atoms with E-state index in [0.717, 1.165) is 32.2 Å². The Balaban J connectivity index is 1.42. The van der Waals surface area contributed by atoms with Gasteiger partial charge in [-0.3, -0.25) is 14.3 Å². The normalized spacial score (nSPS) is 27.8. The summed E-state index contributed by atoms with van der Waals surface area (Å²) in [6.45, 7) is 4.20. The fraction of sp³-hybridized carbons (Fsp3) is 0.611. The maximum absolute atomic E-state index is 12.9. The zero-order chi connectivity index (χ0) is 16.9. The van der Waals surface area contributed by atoms with Crippen LogP contribution in [0.25, 0.3) is 0 Å². The van der Waals surface area contributed by atoms with Gasteiger partial charge in [0.05, 0.1) is 22.7 Å². The standard InChI is InChI=1S/C18H24N4O2/c1-17(6-4-3-5-7-17)16(24)21-12-18(13-21)8-9-22(18)15(23)14-10-19-20(2)11-14/h3-4,10-11H,5-9,12-13H2,1-2H3. The van der Waals surface area contributed by atoms with E-state index in [1.165, 1.54) is 0 Å². The second kappa shape index (κ2) is 5.19. The summed E-state index contributed by atoms with van der Waals surface area (Å²) in [5.41, 5.74) is 0.229. The molecule has 1 aromatic heterocycles. The number of rotatable bonds is 2. The molecule has 0 radical (unpaired) electrons. The lowest BCUT2D eigenvalue weighted by Crippen LogP contribution is -2.79. The molecule has 1 unspecified atom stereocenters. The van der Waals surface area contributed by atoms with Gasteiger partial charge in [-0.25, -0.2) is 0 Å². The quantitative estimate of drug-likeness (QED) is 0.775. The third-order valence-corrected chi connectivity index (χ3v) is 5.94. The van der Waals surface area contributed by atoms with Crippen molar-refractivity contribution in [3.05, 3.63) is 30.1 Å². The molecule has 6 heteroatoms. The molecule has 2 amide bonds. The van der Waals surface area contributed by atoms with Crippen molar-refractivity contribution >= 4 is 11.8 Å². The van der Waals surface area contributed by atoms with Crippen molar-refractivity contribution in [1.29, 1.82) is 0 Å². The van der Waals surface area contributed by atoms with Crippen LogP contribution in [0.1, 0.15) is 43.0 Å². The van der Waals surface area contributed by atoms with Crippen LogP contribution in [0.2, 0.25) is 0 Å². The van der Waals surface area contributed by atoms with Crippen LogP contribution in [-0.4, -0.2) is 56.6 Å². The molecule has 0 N–H and O–H groups in total. The molecule has 2 saturated heterocycles. The van der Waals surface area contributed by atoms with Gasteiger partial charge >= 0.3 is 0 Å². The molecule has 2 fully saturated rings. The molecule has 2 aliphatic heterocycles. The summed E-state index contributed by atoms with van der Waals surface area (Å²) in [5.74, 6) is 0.284. The highest BCUT2D eigenvalue weighted by Gasteiger charge is 2.58. The Bertz CT molecular complexity index is 716. The summed E-state index contributed by atoms with van der Waals surface area (Å²) in [6.07, 6.45) is 11.4. The van der Waals surface area contributed by atoms with Crippen molar-refractivity contribution in [3.8, 4) is 0 Å². The van der Waals surface area contributed by atoms with E-state index < -0.39 is 0 Å². The second-order valence-electron chi connectivity index (χ2n) is 7.77. The summed E-state index contributed by atoms with van der Waals surface area (Å²) in [6, 6.07) is 0. The molecule has 3 aliphatic rings. The van der Waals surface area contributed by atoms with Gasteiger partial charge in [-0.2, -0.15) is 5.10 Å². The molecule has 1 atom stereocenters. The Morgan fingerprint density at radius 3 is 2.54 bits per heavy atom. The number of aryl methyl sites for hydroxylation is 1. The smallest absolute Gasteiger partial charge is 0.257 e. The van der Waals surface area contributed by atoms with E-state index in [0.29, 0.717) is 18.7 Å². The minimum absolute atomic E-state index is 0.0354. The summed E-state index contributed by atoms with van der Waals surface area (Å²) < 4.78 is 1.65.